The highest BCUT2D eigenvalue weighted by Crippen LogP contribution is 2.31. The first-order chi connectivity index (χ1) is 16.4. The average Bonchev–Trinajstić information content (AvgIpc) is 2.84. The highest BCUT2D eigenvalue weighted by Gasteiger charge is 2.11. The van der Waals surface area contributed by atoms with Crippen molar-refractivity contribution >= 4 is 46.9 Å². The SMILES string of the molecule is C=C=C(Nc1cccc(/C(=C/C(=C/CC)Nc2ccc(N)c(C=N)c2Cl)OC)c1)/C(C=N)=C/C. The Morgan fingerprint density at radius 1 is 1.24 bits per heavy atom. The molecule has 176 valence electrons. The maximum Gasteiger partial charge on any atom is 0.128 e. The summed E-state index contributed by atoms with van der Waals surface area (Å²) in [4.78, 5) is 0. The molecule has 6 nitrogen and oxygen atoms in total. The molecule has 0 saturated carbocycles. The van der Waals surface area contributed by atoms with E-state index in [4.69, 9.17) is 32.9 Å². The van der Waals surface area contributed by atoms with Crippen LogP contribution >= 0.6 is 11.6 Å². The molecule has 0 aromatic heterocycles. The average molecular weight is 476 g/mol. The van der Waals surface area contributed by atoms with Crippen LogP contribution in [0.5, 0.6) is 0 Å². The number of methoxy groups -OCH3 is 1. The molecule has 0 aliphatic carbocycles. The van der Waals surface area contributed by atoms with Gasteiger partial charge in [-0.25, -0.2) is 0 Å². The minimum Gasteiger partial charge on any atom is -0.496 e. The van der Waals surface area contributed by atoms with Crippen molar-refractivity contribution in [1.29, 1.82) is 10.8 Å². The second-order valence-electron chi connectivity index (χ2n) is 7.13. The third-order valence-electron chi connectivity index (χ3n) is 4.92. The van der Waals surface area contributed by atoms with Crippen molar-refractivity contribution in [3.8, 4) is 0 Å². The van der Waals surface area contributed by atoms with Gasteiger partial charge >= 0.3 is 0 Å². The van der Waals surface area contributed by atoms with Crippen LogP contribution in [0.2, 0.25) is 5.02 Å². The fourth-order valence-electron chi connectivity index (χ4n) is 3.19. The number of ether oxygens (including phenoxy) is 1. The van der Waals surface area contributed by atoms with Gasteiger partial charge in [-0.3, -0.25) is 0 Å². The fraction of sp³-hybridized carbons (Fsp3) is 0.148. The normalized spacial score (nSPS) is 11.9. The summed E-state index contributed by atoms with van der Waals surface area (Å²) in [6, 6.07) is 11.2. The zero-order valence-electron chi connectivity index (χ0n) is 19.6. The number of benzene rings is 2. The monoisotopic (exact) mass is 475 g/mol. The standard InChI is InChI=1S/C27H30ClN5O/c1-5-9-20(33-25-13-12-23(31)22(17-30)27(25)28)15-26(34-4)19-10-8-11-21(14-19)32-24(7-3)18(6-2)16-29/h6,8-17,29-30,32-33H,3,5,31H2,1-2,4H3/b18-6+,20-9-,26-15-,29-16?,30-17?. The largest absolute Gasteiger partial charge is 0.496 e. The van der Waals surface area contributed by atoms with E-state index < -0.39 is 0 Å². The summed E-state index contributed by atoms with van der Waals surface area (Å²) in [6.07, 6.45) is 8.90. The first-order valence-electron chi connectivity index (χ1n) is 10.7. The lowest BCUT2D eigenvalue weighted by molar-refractivity contribution is 0.370. The van der Waals surface area contributed by atoms with Gasteiger partial charge in [0, 0.05) is 52.3 Å². The molecule has 0 atom stereocenters. The summed E-state index contributed by atoms with van der Waals surface area (Å²) in [5, 5.41) is 22.1. The molecule has 2 aromatic carbocycles. The van der Waals surface area contributed by atoms with Crippen molar-refractivity contribution in [3.05, 3.63) is 100 Å². The van der Waals surface area contributed by atoms with E-state index in [0.717, 1.165) is 29.6 Å². The van der Waals surface area contributed by atoms with Gasteiger partial charge in [-0.1, -0.05) is 49.4 Å². The number of nitrogens with one attached hydrogen (secondary N) is 4. The fourth-order valence-corrected chi connectivity index (χ4v) is 3.46. The number of anilines is 3. The van der Waals surface area contributed by atoms with Crippen LogP contribution in [-0.2, 0) is 4.74 Å². The molecule has 0 amide bonds. The molecule has 0 spiro atoms. The summed E-state index contributed by atoms with van der Waals surface area (Å²) in [6.45, 7) is 7.61. The zero-order chi connectivity index (χ0) is 25.1. The first-order valence-corrected chi connectivity index (χ1v) is 11.1. The lowest BCUT2D eigenvalue weighted by Crippen LogP contribution is -2.04. The molecule has 6 N–H and O–H groups in total. The van der Waals surface area contributed by atoms with Gasteiger partial charge < -0.3 is 31.9 Å². The van der Waals surface area contributed by atoms with Gasteiger partial charge in [0.05, 0.1) is 23.5 Å². The number of nitrogens with two attached hydrogens (primary N) is 1. The highest BCUT2D eigenvalue weighted by atomic mass is 35.5. The number of hydrogen-bond donors (Lipinski definition) is 5. The van der Waals surface area contributed by atoms with E-state index in [1.54, 1.807) is 19.2 Å². The maximum atomic E-state index is 7.58. The van der Waals surface area contributed by atoms with Crippen molar-refractivity contribution in [2.75, 3.05) is 23.5 Å². The lowest BCUT2D eigenvalue weighted by atomic mass is 10.1. The summed E-state index contributed by atoms with van der Waals surface area (Å²) in [7, 11) is 1.61. The molecule has 0 radical (unpaired) electrons. The van der Waals surface area contributed by atoms with E-state index in [2.05, 4.69) is 22.9 Å². The van der Waals surface area contributed by atoms with Crippen LogP contribution in [-0.4, -0.2) is 19.5 Å². The molecule has 0 aliphatic heterocycles. The Balaban J connectivity index is 2.41. The smallest absolute Gasteiger partial charge is 0.128 e. The first kappa shape index (κ1) is 26.3. The van der Waals surface area contributed by atoms with Gasteiger partial charge in [0.2, 0.25) is 0 Å². The molecule has 0 aliphatic rings. The van der Waals surface area contributed by atoms with Crippen LogP contribution in [0.25, 0.3) is 5.76 Å². The van der Waals surface area contributed by atoms with Crippen LogP contribution in [0.4, 0.5) is 17.1 Å². The van der Waals surface area contributed by atoms with E-state index in [-0.39, 0.29) is 0 Å². The number of nitrogen functional groups attached to an aromatic ring is 1. The Morgan fingerprint density at radius 3 is 2.59 bits per heavy atom. The van der Waals surface area contributed by atoms with Gasteiger partial charge in [-0.05, 0) is 37.6 Å². The molecular weight excluding hydrogens is 446 g/mol. The lowest BCUT2D eigenvalue weighted by Gasteiger charge is -2.15. The summed E-state index contributed by atoms with van der Waals surface area (Å²) >= 11 is 6.46. The van der Waals surface area contributed by atoms with Crippen molar-refractivity contribution in [1.82, 2.24) is 0 Å². The van der Waals surface area contributed by atoms with E-state index in [9.17, 15) is 0 Å². The summed E-state index contributed by atoms with van der Waals surface area (Å²) in [5.41, 5.74) is 14.1. The molecule has 34 heavy (non-hydrogen) atoms. The zero-order valence-corrected chi connectivity index (χ0v) is 20.4. The third-order valence-corrected chi connectivity index (χ3v) is 5.32. The van der Waals surface area contributed by atoms with E-state index >= 15 is 0 Å². The molecular formula is C27H30ClN5O. The van der Waals surface area contributed by atoms with Crippen LogP contribution in [0, 0.1) is 10.8 Å². The minimum atomic E-state index is 0.380. The number of rotatable bonds is 11. The van der Waals surface area contributed by atoms with Crippen LogP contribution in [0.1, 0.15) is 31.4 Å². The Labute approximate surface area is 206 Å². The highest BCUT2D eigenvalue weighted by molar-refractivity contribution is 6.36. The van der Waals surface area contributed by atoms with Gasteiger partial charge in [-0.15, -0.1) is 5.73 Å². The molecule has 2 aromatic rings. The number of hydrogen-bond acceptors (Lipinski definition) is 6. The molecule has 7 heteroatoms. The van der Waals surface area contributed by atoms with E-state index in [0.29, 0.717) is 39.0 Å². The van der Waals surface area contributed by atoms with Gasteiger partial charge in [0.25, 0.3) is 0 Å². The molecule has 0 bridgehead atoms. The predicted octanol–water partition coefficient (Wildman–Crippen LogP) is 6.99. The number of halogens is 1. The van der Waals surface area contributed by atoms with Crippen LogP contribution < -0.4 is 16.4 Å². The molecule has 0 unspecified atom stereocenters. The molecule has 0 saturated heterocycles. The van der Waals surface area contributed by atoms with Crippen molar-refractivity contribution in [2.45, 2.75) is 20.3 Å². The molecule has 0 heterocycles. The van der Waals surface area contributed by atoms with E-state index in [1.807, 2.05) is 56.3 Å². The second kappa shape index (κ2) is 12.9. The summed E-state index contributed by atoms with van der Waals surface area (Å²) < 4.78 is 5.70. The number of allylic oxidation sites excluding steroid dienone is 4. The van der Waals surface area contributed by atoms with Crippen molar-refractivity contribution < 1.29 is 4.74 Å². The van der Waals surface area contributed by atoms with Gasteiger partial charge in [-0.2, -0.15) is 0 Å². The van der Waals surface area contributed by atoms with E-state index in [1.165, 1.54) is 6.21 Å². The minimum absolute atomic E-state index is 0.380. The second-order valence-corrected chi connectivity index (χ2v) is 7.50. The summed E-state index contributed by atoms with van der Waals surface area (Å²) in [5.74, 6) is 0.636. The molecule has 2 rings (SSSR count). The maximum absolute atomic E-state index is 7.58. The predicted molar refractivity (Wildman–Crippen MR) is 146 cm³/mol. The van der Waals surface area contributed by atoms with Crippen LogP contribution in [0.3, 0.4) is 0 Å². The van der Waals surface area contributed by atoms with Gasteiger partial charge in [0.15, 0.2) is 0 Å². The molecule has 0 fully saturated rings. The Bertz CT molecular complexity index is 1200. The quantitative estimate of drug-likeness (QED) is 0.0793. The van der Waals surface area contributed by atoms with Crippen molar-refractivity contribution in [3.63, 3.8) is 0 Å². The van der Waals surface area contributed by atoms with Crippen LogP contribution in [0.15, 0.2) is 83.9 Å². The Morgan fingerprint density at radius 2 is 2.00 bits per heavy atom. The topological polar surface area (TPSA) is 107 Å². The van der Waals surface area contributed by atoms with Crippen molar-refractivity contribution in [2.24, 2.45) is 0 Å². The Kier molecular flexibility index (Phi) is 9.96. The third kappa shape index (κ3) is 6.51. The Hall–Kier alpha value is -3.99. The van der Waals surface area contributed by atoms with Gasteiger partial charge in [0.1, 0.15) is 5.76 Å².